The van der Waals surface area contributed by atoms with Gasteiger partial charge < -0.3 is 10.4 Å². The van der Waals surface area contributed by atoms with Crippen molar-refractivity contribution in [1.29, 1.82) is 0 Å². The lowest BCUT2D eigenvalue weighted by Crippen LogP contribution is -2.06. The molecule has 19 heavy (non-hydrogen) atoms. The number of aromatic carboxylic acids is 1. The normalized spacial score (nSPS) is 10.3. The number of hydrogen-bond acceptors (Lipinski definition) is 3. The average molecular weight is 281 g/mol. The Morgan fingerprint density at radius 1 is 1.42 bits per heavy atom. The third-order valence-electron chi connectivity index (χ3n) is 2.64. The molecule has 0 fully saturated rings. The minimum atomic E-state index is -1.34. The summed E-state index contributed by atoms with van der Waals surface area (Å²) in [7, 11) is 0. The van der Waals surface area contributed by atoms with Crippen LogP contribution in [0.25, 0.3) is 0 Å². The van der Waals surface area contributed by atoms with Gasteiger partial charge in [0.15, 0.2) is 11.6 Å². The number of nitrogens with zero attached hydrogens (tertiary/aromatic N) is 1. The van der Waals surface area contributed by atoms with Gasteiger partial charge in [-0.2, -0.15) is 0 Å². The minimum absolute atomic E-state index is 0.148. The van der Waals surface area contributed by atoms with E-state index in [4.69, 9.17) is 16.7 Å². The van der Waals surface area contributed by atoms with Gasteiger partial charge in [0.1, 0.15) is 5.56 Å². The molecule has 0 saturated heterocycles. The number of anilines is 2. The van der Waals surface area contributed by atoms with Crippen molar-refractivity contribution in [3.05, 3.63) is 52.4 Å². The largest absolute Gasteiger partial charge is 0.478 e. The fraction of sp³-hybridized carbons (Fsp3) is 0.0769. The first-order valence-electron chi connectivity index (χ1n) is 5.40. The van der Waals surface area contributed by atoms with Gasteiger partial charge in [-0.3, -0.25) is 0 Å². The maximum Gasteiger partial charge on any atom is 0.338 e. The lowest BCUT2D eigenvalue weighted by molar-refractivity contribution is 0.0692. The molecular formula is C13H10ClFN2O2. The van der Waals surface area contributed by atoms with E-state index in [1.54, 1.807) is 25.1 Å². The Morgan fingerprint density at radius 3 is 2.84 bits per heavy atom. The maximum atomic E-state index is 13.9. The highest BCUT2D eigenvalue weighted by atomic mass is 35.5. The molecule has 1 heterocycles. The van der Waals surface area contributed by atoms with Gasteiger partial charge in [-0.15, -0.1) is 0 Å². The smallest absolute Gasteiger partial charge is 0.338 e. The Morgan fingerprint density at radius 2 is 2.16 bits per heavy atom. The highest BCUT2D eigenvalue weighted by molar-refractivity contribution is 6.31. The Labute approximate surface area is 113 Å². The molecule has 4 nitrogen and oxygen atoms in total. The van der Waals surface area contributed by atoms with Crippen LogP contribution in [0.4, 0.5) is 15.9 Å². The van der Waals surface area contributed by atoms with E-state index in [1.807, 2.05) is 0 Å². The second-order valence-corrected chi connectivity index (χ2v) is 4.27. The van der Waals surface area contributed by atoms with Crippen LogP contribution >= 0.6 is 11.6 Å². The van der Waals surface area contributed by atoms with E-state index in [-0.39, 0.29) is 5.82 Å². The molecule has 0 aliphatic heterocycles. The molecule has 0 atom stereocenters. The Balaban J connectivity index is 2.42. The first-order chi connectivity index (χ1) is 9.00. The maximum absolute atomic E-state index is 13.9. The molecule has 2 aromatic rings. The summed E-state index contributed by atoms with van der Waals surface area (Å²) in [5.41, 5.74) is 0.865. The van der Waals surface area contributed by atoms with E-state index in [1.165, 1.54) is 6.20 Å². The fourth-order valence-corrected chi connectivity index (χ4v) is 1.74. The molecule has 0 aliphatic carbocycles. The quantitative estimate of drug-likeness (QED) is 0.901. The van der Waals surface area contributed by atoms with Gasteiger partial charge in [0.05, 0.1) is 0 Å². The van der Waals surface area contributed by atoms with Crippen molar-refractivity contribution in [2.45, 2.75) is 6.92 Å². The van der Waals surface area contributed by atoms with Crippen molar-refractivity contribution in [1.82, 2.24) is 4.98 Å². The van der Waals surface area contributed by atoms with E-state index in [0.29, 0.717) is 10.7 Å². The monoisotopic (exact) mass is 280 g/mol. The molecule has 0 unspecified atom stereocenters. The van der Waals surface area contributed by atoms with Crippen LogP contribution in [0.3, 0.4) is 0 Å². The third-order valence-corrected chi connectivity index (χ3v) is 3.05. The molecule has 1 aromatic heterocycles. The van der Waals surface area contributed by atoms with Gasteiger partial charge in [-0.1, -0.05) is 17.7 Å². The van der Waals surface area contributed by atoms with E-state index >= 15 is 0 Å². The number of hydrogen-bond donors (Lipinski definition) is 2. The molecule has 0 saturated carbocycles. The summed E-state index contributed by atoms with van der Waals surface area (Å²) in [6.07, 6.45) is 1.23. The van der Waals surface area contributed by atoms with Crippen molar-refractivity contribution >= 4 is 29.1 Å². The second-order valence-electron chi connectivity index (χ2n) is 3.86. The van der Waals surface area contributed by atoms with Gasteiger partial charge in [-0.05, 0) is 30.7 Å². The van der Waals surface area contributed by atoms with Crippen LogP contribution in [0.5, 0.6) is 0 Å². The predicted octanol–water partition coefficient (Wildman–Crippen LogP) is 3.62. The van der Waals surface area contributed by atoms with Crippen LogP contribution < -0.4 is 5.32 Å². The Kier molecular flexibility index (Phi) is 3.66. The van der Waals surface area contributed by atoms with Crippen LogP contribution in [0, 0.1) is 12.7 Å². The number of rotatable bonds is 3. The molecule has 6 heteroatoms. The van der Waals surface area contributed by atoms with E-state index in [9.17, 15) is 9.18 Å². The van der Waals surface area contributed by atoms with Crippen LogP contribution in [-0.4, -0.2) is 16.1 Å². The molecule has 2 rings (SSSR count). The van der Waals surface area contributed by atoms with E-state index in [2.05, 4.69) is 10.3 Å². The Bertz CT molecular complexity index is 647. The molecule has 1 aromatic carbocycles. The summed E-state index contributed by atoms with van der Waals surface area (Å²) < 4.78 is 13.9. The second kappa shape index (κ2) is 5.24. The summed E-state index contributed by atoms with van der Waals surface area (Å²) in [5, 5.41) is 12.1. The van der Waals surface area contributed by atoms with Crippen molar-refractivity contribution < 1.29 is 14.3 Å². The SMILES string of the molecule is Cc1c(Cl)cccc1Nc1nccc(C(=O)O)c1F. The number of benzene rings is 1. The fourth-order valence-electron chi connectivity index (χ4n) is 1.57. The number of pyridine rings is 1. The van der Waals surface area contributed by atoms with Gasteiger partial charge in [0.25, 0.3) is 0 Å². The lowest BCUT2D eigenvalue weighted by atomic mass is 10.2. The summed E-state index contributed by atoms with van der Waals surface area (Å²) in [4.78, 5) is 14.6. The van der Waals surface area contributed by atoms with Gasteiger partial charge in [0, 0.05) is 16.9 Å². The van der Waals surface area contributed by atoms with Crippen molar-refractivity contribution in [3.8, 4) is 0 Å². The zero-order valence-electron chi connectivity index (χ0n) is 9.95. The first-order valence-corrected chi connectivity index (χ1v) is 5.78. The summed E-state index contributed by atoms with van der Waals surface area (Å²) in [6, 6.07) is 6.22. The summed E-state index contributed by atoms with van der Waals surface area (Å²) in [6.45, 7) is 1.77. The highest BCUT2D eigenvalue weighted by Gasteiger charge is 2.15. The third kappa shape index (κ3) is 2.66. The van der Waals surface area contributed by atoms with Crippen LogP contribution in [-0.2, 0) is 0 Å². The topological polar surface area (TPSA) is 62.2 Å². The number of carboxylic acids is 1. The Hall–Kier alpha value is -2.14. The number of nitrogens with one attached hydrogen (secondary N) is 1. The highest BCUT2D eigenvalue weighted by Crippen LogP contribution is 2.27. The lowest BCUT2D eigenvalue weighted by Gasteiger charge is -2.11. The average Bonchev–Trinajstić information content (AvgIpc) is 2.37. The summed E-state index contributed by atoms with van der Waals surface area (Å²) >= 11 is 5.95. The molecular weight excluding hydrogens is 271 g/mol. The molecule has 0 aliphatic rings. The standard InChI is InChI=1S/C13H10ClFN2O2/c1-7-9(14)3-2-4-10(7)17-12-11(15)8(13(18)19)5-6-16-12/h2-6H,1H3,(H,16,17)(H,18,19). The molecule has 98 valence electrons. The van der Waals surface area contributed by atoms with Crippen molar-refractivity contribution in [2.75, 3.05) is 5.32 Å². The van der Waals surface area contributed by atoms with Crippen LogP contribution in [0.15, 0.2) is 30.5 Å². The number of aromatic nitrogens is 1. The van der Waals surface area contributed by atoms with Crippen molar-refractivity contribution in [3.63, 3.8) is 0 Å². The molecule has 2 N–H and O–H groups in total. The first kappa shape index (κ1) is 13.3. The zero-order chi connectivity index (χ0) is 14.0. The summed E-state index contributed by atoms with van der Waals surface area (Å²) in [5.74, 6) is -2.40. The van der Waals surface area contributed by atoms with Gasteiger partial charge in [-0.25, -0.2) is 14.2 Å². The number of halogens is 2. The molecule has 0 amide bonds. The molecule has 0 radical (unpaired) electrons. The van der Waals surface area contributed by atoms with Crippen LogP contribution in [0.1, 0.15) is 15.9 Å². The van der Waals surface area contributed by atoms with E-state index in [0.717, 1.165) is 11.6 Å². The minimum Gasteiger partial charge on any atom is -0.478 e. The van der Waals surface area contributed by atoms with Crippen LogP contribution in [0.2, 0.25) is 5.02 Å². The molecule has 0 spiro atoms. The van der Waals surface area contributed by atoms with Crippen molar-refractivity contribution in [2.24, 2.45) is 0 Å². The molecule has 0 bridgehead atoms. The number of carbonyl (C=O) groups is 1. The zero-order valence-corrected chi connectivity index (χ0v) is 10.7. The van der Waals surface area contributed by atoms with E-state index < -0.39 is 17.3 Å². The number of carboxylic acid groups (broad SMARTS) is 1. The van der Waals surface area contributed by atoms with Gasteiger partial charge >= 0.3 is 5.97 Å². The van der Waals surface area contributed by atoms with Gasteiger partial charge in [0.2, 0.25) is 0 Å². The predicted molar refractivity (Wildman–Crippen MR) is 70.6 cm³/mol.